The Balaban J connectivity index is 2.39. The van der Waals surface area contributed by atoms with Gasteiger partial charge in [0.25, 0.3) is 0 Å². The van der Waals surface area contributed by atoms with Gasteiger partial charge in [-0.25, -0.2) is 0 Å². The van der Waals surface area contributed by atoms with Crippen LogP contribution in [0.15, 0.2) is 12.3 Å². The van der Waals surface area contributed by atoms with Crippen LogP contribution in [0.5, 0.6) is 0 Å². The maximum Gasteiger partial charge on any atom is 0.435 e. The van der Waals surface area contributed by atoms with Crippen LogP contribution in [0, 0.1) is 0 Å². The van der Waals surface area contributed by atoms with Crippen molar-refractivity contribution >= 4 is 5.97 Å². The molecule has 0 aromatic carbocycles. The highest BCUT2D eigenvalue weighted by molar-refractivity contribution is 5.79. The van der Waals surface area contributed by atoms with Crippen LogP contribution in [0.2, 0.25) is 0 Å². The molecule has 0 spiro atoms. The van der Waals surface area contributed by atoms with Gasteiger partial charge in [0, 0.05) is 12.7 Å². The fourth-order valence-corrected chi connectivity index (χ4v) is 1.74. The molecule has 0 fully saturated rings. The van der Waals surface area contributed by atoms with E-state index in [1.165, 1.54) is 18.0 Å². The lowest BCUT2D eigenvalue weighted by Crippen LogP contribution is -2.45. The Morgan fingerprint density at radius 1 is 1.45 bits per heavy atom. The second-order valence-electron chi connectivity index (χ2n) is 4.83. The number of aryl methyl sites for hydroxylation is 1. The second kappa shape index (κ2) is 6.25. The quantitative estimate of drug-likeness (QED) is 0.643. The van der Waals surface area contributed by atoms with Gasteiger partial charge in [-0.1, -0.05) is 0 Å². The van der Waals surface area contributed by atoms with E-state index in [1.807, 2.05) is 0 Å². The van der Waals surface area contributed by atoms with Gasteiger partial charge < -0.3 is 10.5 Å². The first kappa shape index (κ1) is 16.5. The van der Waals surface area contributed by atoms with E-state index in [0.717, 1.165) is 6.07 Å². The second-order valence-corrected chi connectivity index (χ2v) is 4.83. The minimum absolute atomic E-state index is 0.341. The van der Waals surface area contributed by atoms with Crippen molar-refractivity contribution in [2.75, 3.05) is 7.11 Å². The summed E-state index contributed by atoms with van der Waals surface area (Å²) in [5.41, 5.74) is 3.79. The summed E-state index contributed by atoms with van der Waals surface area (Å²) in [4.78, 5) is 11.3. The highest BCUT2D eigenvalue weighted by atomic mass is 19.4. The number of halogens is 3. The minimum Gasteiger partial charge on any atom is -0.468 e. The van der Waals surface area contributed by atoms with Crippen molar-refractivity contribution in [2.45, 2.75) is 44.4 Å². The van der Waals surface area contributed by atoms with Gasteiger partial charge in [-0.15, -0.1) is 0 Å². The van der Waals surface area contributed by atoms with Crippen molar-refractivity contribution in [3.8, 4) is 0 Å². The number of esters is 1. The van der Waals surface area contributed by atoms with E-state index >= 15 is 0 Å². The minimum atomic E-state index is -4.42. The molecule has 20 heavy (non-hydrogen) atoms. The van der Waals surface area contributed by atoms with Gasteiger partial charge in [0.2, 0.25) is 0 Å². The highest BCUT2D eigenvalue weighted by Gasteiger charge is 2.33. The number of hydrogen-bond donors (Lipinski definition) is 1. The molecule has 2 N–H and O–H groups in total. The van der Waals surface area contributed by atoms with Crippen molar-refractivity contribution in [1.29, 1.82) is 0 Å². The molecule has 1 rings (SSSR count). The van der Waals surface area contributed by atoms with Gasteiger partial charge in [-0.05, 0) is 32.3 Å². The summed E-state index contributed by atoms with van der Waals surface area (Å²) in [6, 6.07) is 0.932. The molecule has 8 heteroatoms. The third-order valence-corrected chi connectivity index (χ3v) is 2.92. The summed E-state index contributed by atoms with van der Waals surface area (Å²) < 4.78 is 42.8. The molecule has 0 radical (unpaired) electrons. The van der Waals surface area contributed by atoms with Gasteiger partial charge in [0.05, 0.1) is 7.11 Å². The maximum absolute atomic E-state index is 12.3. The first-order valence-corrected chi connectivity index (χ1v) is 6.15. The van der Waals surface area contributed by atoms with E-state index in [9.17, 15) is 18.0 Å². The monoisotopic (exact) mass is 293 g/mol. The fourth-order valence-electron chi connectivity index (χ4n) is 1.74. The Labute approximate surface area is 114 Å². The highest BCUT2D eigenvalue weighted by Crippen LogP contribution is 2.27. The summed E-state index contributed by atoms with van der Waals surface area (Å²) in [6.45, 7) is 1.90. The molecule has 0 aliphatic rings. The summed E-state index contributed by atoms with van der Waals surface area (Å²) in [6.07, 6.45) is -1.59. The number of aromatic nitrogens is 2. The van der Waals surface area contributed by atoms with Gasteiger partial charge in [0.15, 0.2) is 5.69 Å². The smallest absolute Gasteiger partial charge is 0.435 e. The number of alkyl halides is 3. The lowest BCUT2D eigenvalue weighted by atomic mass is 9.96. The van der Waals surface area contributed by atoms with Crippen molar-refractivity contribution < 1.29 is 22.7 Å². The van der Waals surface area contributed by atoms with Crippen LogP contribution >= 0.6 is 0 Å². The molecular formula is C12H18F3N3O2. The van der Waals surface area contributed by atoms with Gasteiger partial charge in [-0.2, -0.15) is 18.3 Å². The molecule has 1 aromatic heterocycles. The molecule has 0 saturated heterocycles. The topological polar surface area (TPSA) is 70.1 Å². The van der Waals surface area contributed by atoms with Crippen molar-refractivity contribution in [1.82, 2.24) is 9.78 Å². The summed E-state index contributed by atoms with van der Waals surface area (Å²) in [7, 11) is 1.26. The average molecular weight is 293 g/mol. The molecule has 1 aromatic rings. The summed E-state index contributed by atoms with van der Waals surface area (Å²) in [5, 5.41) is 3.44. The van der Waals surface area contributed by atoms with E-state index in [-0.39, 0.29) is 0 Å². The van der Waals surface area contributed by atoms with Crippen LogP contribution in [0.4, 0.5) is 13.2 Å². The zero-order valence-corrected chi connectivity index (χ0v) is 11.4. The summed E-state index contributed by atoms with van der Waals surface area (Å²) in [5.74, 6) is -0.504. The van der Waals surface area contributed by atoms with Crippen LogP contribution in [0.25, 0.3) is 0 Å². The van der Waals surface area contributed by atoms with Gasteiger partial charge >= 0.3 is 12.1 Å². The number of unbranched alkanes of at least 4 members (excludes halogenated alkanes) is 1. The van der Waals surface area contributed by atoms with Crippen molar-refractivity contribution in [3.05, 3.63) is 18.0 Å². The van der Waals surface area contributed by atoms with E-state index in [2.05, 4.69) is 9.84 Å². The number of carbonyl (C=O) groups excluding carboxylic acids is 1. The third-order valence-electron chi connectivity index (χ3n) is 2.92. The zero-order valence-electron chi connectivity index (χ0n) is 11.4. The Bertz CT molecular complexity index is 455. The molecule has 0 aliphatic heterocycles. The van der Waals surface area contributed by atoms with Gasteiger partial charge in [0.1, 0.15) is 5.54 Å². The van der Waals surface area contributed by atoms with E-state index in [0.29, 0.717) is 25.8 Å². The van der Waals surface area contributed by atoms with Crippen LogP contribution in [0.3, 0.4) is 0 Å². The van der Waals surface area contributed by atoms with E-state index in [4.69, 9.17) is 5.73 Å². The Hall–Kier alpha value is -1.57. The first-order chi connectivity index (χ1) is 9.16. The van der Waals surface area contributed by atoms with Crippen molar-refractivity contribution in [2.24, 2.45) is 5.73 Å². The average Bonchev–Trinajstić information content (AvgIpc) is 2.82. The molecular weight excluding hydrogens is 275 g/mol. The van der Waals surface area contributed by atoms with Crippen molar-refractivity contribution in [3.63, 3.8) is 0 Å². The molecule has 1 atom stereocenters. The largest absolute Gasteiger partial charge is 0.468 e. The fraction of sp³-hybridized carbons (Fsp3) is 0.667. The third kappa shape index (κ3) is 4.52. The number of ether oxygens (including phenoxy) is 1. The number of hydrogen-bond acceptors (Lipinski definition) is 4. The van der Waals surface area contributed by atoms with Gasteiger partial charge in [-0.3, -0.25) is 9.48 Å². The standard InChI is InChI=1S/C12H18F3N3O2/c1-11(16,10(19)20-2)6-3-4-7-18-8-5-9(17-18)12(13,14)15/h5,8H,3-4,6-7,16H2,1-2H3. The molecule has 0 amide bonds. The Morgan fingerprint density at radius 3 is 2.60 bits per heavy atom. The van der Waals surface area contributed by atoms with Crippen LogP contribution in [-0.4, -0.2) is 28.4 Å². The zero-order chi connectivity index (χ0) is 15.4. The molecule has 5 nitrogen and oxygen atoms in total. The number of nitrogens with zero attached hydrogens (tertiary/aromatic N) is 2. The normalized spacial score (nSPS) is 14.9. The van der Waals surface area contributed by atoms with E-state index < -0.39 is 23.4 Å². The first-order valence-electron chi connectivity index (χ1n) is 6.15. The predicted molar refractivity (Wildman–Crippen MR) is 65.7 cm³/mol. The predicted octanol–water partition coefficient (Wildman–Crippen LogP) is 1.96. The number of methoxy groups -OCH3 is 1. The van der Waals surface area contributed by atoms with Crippen LogP contribution < -0.4 is 5.73 Å². The number of carbonyl (C=O) groups is 1. The molecule has 0 bridgehead atoms. The number of nitrogens with two attached hydrogens (primary N) is 1. The molecule has 0 aliphatic carbocycles. The molecule has 1 unspecified atom stereocenters. The lowest BCUT2D eigenvalue weighted by Gasteiger charge is -2.20. The Kier molecular flexibility index (Phi) is 5.15. The molecule has 114 valence electrons. The SMILES string of the molecule is COC(=O)C(C)(N)CCCCn1ccc(C(F)(F)F)n1. The molecule has 0 saturated carbocycles. The summed E-state index contributed by atoms with van der Waals surface area (Å²) >= 11 is 0. The van der Waals surface area contributed by atoms with Crippen LogP contribution in [-0.2, 0) is 22.3 Å². The molecule has 1 heterocycles. The maximum atomic E-state index is 12.3. The van der Waals surface area contributed by atoms with E-state index in [1.54, 1.807) is 6.92 Å². The Morgan fingerprint density at radius 2 is 2.10 bits per heavy atom. The number of rotatable bonds is 6. The van der Waals surface area contributed by atoms with Crippen LogP contribution in [0.1, 0.15) is 31.9 Å². The lowest BCUT2D eigenvalue weighted by molar-refractivity contribution is -0.146.